The van der Waals surface area contributed by atoms with Gasteiger partial charge in [-0.25, -0.2) is 0 Å². The average Bonchev–Trinajstić information content (AvgIpc) is 2.35. The second-order valence-corrected chi connectivity index (χ2v) is 6.01. The Morgan fingerprint density at radius 2 is 2.12 bits per heavy atom. The smallest absolute Gasteiger partial charge is 0.119 e. The molecule has 2 aliphatic carbocycles. The van der Waals surface area contributed by atoms with E-state index in [2.05, 4.69) is 26.0 Å². The third-order valence-corrected chi connectivity index (χ3v) is 4.83. The number of hydrogen-bond acceptors (Lipinski definition) is 2. The molecule has 0 aromatic heterocycles. The molecular weight excluding hydrogens is 212 g/mol. The largest absolute Gasteiger partial charge is 0.497 e. The zero-order valence-corrected chi connectivity index (χ0v) is 10.7. The second-order valence-electron chi connectivity index (χ2n) is 6.01. The summed E-state index contributed by atoms with van der Waals surface area (Å²) in [5, 5.41) is 10.2. The average molecular weight is 232 g/mol. The third-order valence-electron chi connectivity index (χ3n) is 4.83. The molecule has 2 heteroatoms. The van der Waals surface area contributed by atoms with Crippen molar-refractivity contribution in [1.82, 2.24) is 0 Å². The number of aliphatic hydroxyl groups excluding tert-OH is 1. The molecule has 0 heterocycles. The molecule has 1 saturated carbocycles. The van der Waals surface area contributed by atoms with Crippen molar-refractivity contribution in [3.63, 3.8) is 0 Å². The molecule has 0 saturated heterocycles. The maximum absolute atomic E-state index is 10.2. The lowest BCUT2D eigenvalue weighted by atomic mass is 9.48. The minimum Gasteiger partial charge on any atom is -0.497 e. The van der Waals surface area contributed by atoms with Crippen molar-refractivity contribution in [3.8, 4) is 5.75 Å². The summed E-state index contributed by atoms with van der Waals surface area (Å²) in [6.07, 6.45) is 2.06. The van der Waals surface area contributed by atoms with Crippen molar-refractivity contribution in [2.45, 2.75) is 38.7 Å². The minimum absolute atomic E-state index is 0.00615. The van der Waals surface area contributed by atoms with Gasteiger partial charge in [-0.3, -0.25) is 0 Å². The monoisotopic (exact) mass is 232 g/mol. The van der Waals surface area contributed by atoms with Gasteiger partial charge in [0.2, 0.25) is 0 Å². The zero-order valence-electron chi connectivity index (χ0n) is 10.7. The number of hydrogen-bond donors (Lipinski definition) is 1. The zero-order chi connectivity index (χ0) is 12.2. The molecule has 1 aromatic carbocycles. The van der Waals surface area contributed by atoms with Crippen LogP contribution in [0.2, 0.25) is 0 Å². The molecule has 0 amide bonds. The molecule has 1 aromatic rings. The first-order valence-corrected chi connectivity index (χ1v) is 6.40. The molecule has 2 aliphatic rings. The summed E-state index contributed by atoms with van der Waals surface area (Å²) in [4.78, 5) is 0. The Hall–Kier alpha value is -1.02. The summed E-state index contributed by atoms with van der Waals surface area (Å²) < 4.78 is 5.32. The quantitative estimate of drug-likeness (QED) is 0.806. The van der Waals surface area contributed by atoms with Crippen LogP contribution in [0.1, 0.15) is 37.3 Å². The van der Waals surface area contributed by atoms with Crippen LogP contribution in [0.25, 0.3) is 0 Å². The fourth-order valence-electron chi connectivity index (χ4n) is 3.85. The molecule has 0 radical (unpaired) electrons. The SMILES string of the molecule is COc1ccc2c(c1)C1C(CC2)C(O)C1(C)C. The van der Waals surface area contributed by atoms with Crippen molar-refractivity contribution < 1.29 is 9.84 Å². The molecule has 0 spiro atoms. The van der Waals surface area contributed by atoms with Gasteiger partial charge in [-0.15, -0.1) is 0 Å². The van der Waals surface area contributed by atoms with E-state index in [1.807, 2.05) is 6.07 Å². The topological polar surface area (TPSA) is 29.5 Å². The van der Waals surface area contributed by atoms with E-state index >= 15 is 0 Å². The van der Waals surface area contributed by atoms with E-state index in [1.54, 1.807) is 7.11 Å². The maximum atomic E-state index is 10.2. The first-order chi connectivity index (χ1) is 8.05. The van der Waals surface area contributed by atoms with Crippen LogP contribution in [0.15, 0.2) is 18.2 Å². The van der Waals surface area contributed by atoms with Crippen LogP contribution in [-0.2, 0) is 6.42 Å². The van der Waals surface area contributed by atoms with E-state index in [4.69, 9.17) is 4.74 Å². The summed E-state index contributed by atoms with van der Waals surface area (Å²) >= 11 is 0. The molecule has 3 atom stereocenters. The van der Waals surface area contributed by atoms with E-state index in [-0.39, 0.29) is 11.5 Å². The maximum Gasteiger partial charge on any atom is 0.119 e. The van der Waals surface area contributed by atoms with Gasteiger partial charge in [-0.05, 0) is 53.4 Å². The number of aryl methyl sites for hydroxylation is 1. The summed E-state index contributed by atoms with van der Waals surface area (Å²) in [7, 11) is 1.71. The van der Waals surface area contributed by atoms with Crippen molar-refractivity contribution in [2.24, 2.45) is 11.3 Å². The van der Waals surface area contributed by atoms with Gasteiger partial charge in [-0.1, -0.05) is 19.9 Å². The number of benzene rings is 1. The first kappa shape index (κ1) is 11.1. The summed E-state index contributed by atoms with van der Waals surface area (Å²) in [5.41, 5.74) is 2.84. The van der Waals surface area contributed by atoms with E-state index in [1.165, 1.54) is 11.1 Å². The van der Waals surface area contributed by atoms with Crippen LogP contribution >= 0.6 is 0 Å². The van der Waals surface area contributed by atoms with Gasteiger partial charge < -0.3 is 9.84 Å². The normalized spacial score (nSPS) is 33.3. The number of fused-ring (bicyclic) bond motifs is 3. The minimum atomic E-state index is -0.146. The van der Waals surface area contributed by atoms with E-state index < -0.39 is 0 Å². The van der Waals surface area contributed by atoms with Crippen LogP contribution in [-0.4, -0.2) is 18.3 Å². The number of aliphatic hydroxyl groups is 1. The highest BCUT2D eigenvalue weighted by Gasteiger charge is 2.57. The first-order valence-electron chi connectivity index (χ1n) is 6.40. The standard InChI is InChI=1S/C15H20O2/c1-15(2)13-11(14(15)16)7-5-9-4-6-10(17-3)8-12(9)13/h4,6,8,11,13-14,16H,5,7H2,1-3H3. The van der Waals surface area contributed by atoms with Gasteiger partial charge in [0.15, 0.2) is 0 Å². The molecule has 2 nitrogen and oxygen atoms in total. The number of rotatable bonds is 1. The van der Waals surface area contributed by atoms with Gasteiger partial charge in [0.05, 0.1) is 13.2 Å². The van der Waals surface area contributed by atoms with Gasteiger partial charge in [0, 0.05) is 0 Å². The van der Waals surface area contributed by atoms with Crippen molar-refractivity contribution in [2.75, 3.05) is 7.11 Å². The van der Waals surface area contributed by atoms with Gasteiger partial charge >= 0.3 is 0 Å². The van der Waals surface area contributed by atoms with Crippen molar-refractivity contribution in [1.29, 1.82) is 0 Å². The predicted molar refractivity (Wildman–Crippen MR) is 67.3 cm³/mol. The Morgan fingerprint density at radius 1 is 1.35 bits per heavy atom. The van der Waals surface area contributed by atoms with Crippen LogP contribution in [0.5, 0.6) is 5.75 Å². The molecule has 3 unspecified atom stereocenters. The van der Waals surface area contributed by atoms with Crippen LogP contribution in [0, 0.1) is 11.3 Å². The summed E-state index contributed by atoms with van der Waals surface area (Å²) in [6, 6.07) is 6.40. The van der Waals surface area contributed by atoms with Gasteiger partial charge in [-0.2, -0.15) is 0 Å². The van der Waals surface area contributed by atoms with Crippen molar-refractivity contribution in [3.05, 3.63) is 29.3 Å². The lowest BCUT2D eigenvalue weighted by Crippen LogP contribution is -2.57. The Kier molecular flexibility index (Phi) is 2.27. The highest BCUT2D eigenvalue weighted by Crippen LogP contribution is 2.61. The molecule has 1 N–H and O–H groups in total. The van der Waals surface area contributed by atoms with Crippen LogP contribution in [0.4, 0.5) is 0 Å². The Morgan fingerprint density at radius 3 is 2.82 bits per heavy atom. The molecular formula is C15H20O2. The highest BCUT2D eigenvalue weighted by atomic mass is 16.5. The van der Waals surface area contributed by atoms with Crippen LogP contribution in [0.3, 0.4) is 0 Å². The molecule has 1 fully saturated rings. The highest BCUT2D eigenvalue weighted by molar-refractivity contribution is 5.43. The third kappa shape index (κ3) is 1.37. The lowest BCUT2D eigenvalue weighted by Gasteiger charge is -2.58. The summed E-state index contributed by atoms with van der Waals surface area (Å²) in [6.45, 7) is 4.35. The van der Waals surface area contributed by atoms with Gasteiger partial charge in [0.1, 0.15) is 5.75 Å². The van der Waals surface area contributed by atoms with Gasteiger partial charge in [0.25, 0.3) is 0 Å². The predicted octanol–water partition coefficient (Wildman–Crippen LogP) is 2.74. The van der Waals surface area contributed by atoms with Crippen molar-refractivity contribution >= 4 is 0 Å². The van der Waals surface area contributed by atoms with E-state index in [0.29, 0.717) is 11.8 Å². The number of ether oxygens (including phenoxy) is 1. The molecule has 0 aliphatic heterocycles. The molecule has 0 bridgehead atoms. The Labute approximate surface area is 103 Å². The van der Waals surface area contributed by atoms with E-state index in [0.717, 1.165) is 18.6 Å². The second kappa shape index (κ2) is 3.49. The van der Waals surface area contributed by atoms with Crippen LogP contribution < -0.4 is 4.74 Å². The summed E-state index contributed by atoms with van der Waals surface area (Å²) in [5.74, 6) is 1.88. The lowest BCUT2D eigenvalue weighted by molar-refractivity contribution is -0.130. The van der Waals surface area contributed by atoms with E-state index in [9.17, 15) is 5.11 Å². The molecule has 17 heavy (non-hydrogen) atoms. The number of methoxy groups -OCH3 is 1. The molecule has 92 valence electrons. The molecule has 3 rings (SSSR count). The Bertz CT molecular complexity index is 450. The fourth-order valence-corrected chi connectivity index (χ4v) is 3.85. The fraction of sp³-hybridized carbons (Fsp3) is 0.600. The Balaban J connectivity index is 2.05.